The fourth-order valence-corrected chi connectivity index (χ4v) is 5.08. The van der Waals surface area contributed by atoms with E-state index in [1.54, 1.807) is 36.4 Å². The number of sulfonamides is 1. The molecular formula is C22H30N2O3S. The molecule has 1 saturated heterocycles. The van der Waals surface area contributed by atoms with Crippen molar-refractivity contribution >= 4 is 15.7 Å². The highest BCUT2D eigenvalue weighted by Crippen LogP contribution is 2.25. The van der Waals surface area contributed by atoms with Crippen LogP contribution in [0.15, 0.2) is 53.4 Å². The van der Waals surface area contributed by atoms with Gasteiger partial charge in [0.1, 0.15) is 0 Å². The topological polar surface area (TPSA) is 60.9 Å². The molecule has 1 atom stereocenters. The SMILES string of the molecule is Cc1ccc(N(C[C@H](O)CN2CCCCC2)S(=O)(=O)c2ccc(C)cc2)cc1. The Bertz CT molecular complexity index is 858. The molecule has 0 unspecified atom stereocenters. The highest BCUT2D eigenvalue weighted by molar-refractivity contribution is 7.92. The molecule has 0 amide bonds. The lowest BCUT2D eigenvalue weighted by Gasteiger charge is -2.31. The Kier molecular flexibility index (Phi) is 6.75. The largest absolute Gasteiger partial charge is 0.390 e. The number of likely N-dealkylation sites (tertiary alicyclic amines) is 1. The average molecular weight is 403 g/mol. The van der Waals surface area contributed by atoms with Crippen molar-refractivity contribution in [3.05, 3.63) is 59.7 Å². The van der Waals surface area contributed by atoms with E-state index in [0.29, 0.717) is 12.2 Å². The van der Waals surface area contributed by atoms with Gasteiger partial charge in [-0.25, -0.2) is 8.42 Å². The van der Waals surface area contributed by atoms with Gasteiger partial charge < -0.3 is 10.0 Å². The summed E-state index contributed by atoms with van der Waals surface area (Å²) in [5.74, 6) is 0. The number of benzene rings is 2. The predicted molar refractivity (Wildman–Crippen MR) is 113 cm³/mol. The third kappa shape index (κ3) is 5.13. The summed E-state index contributed by atoms with van der Waals surface area (Å²) in [6, 6.07) is 14.2. The minimum atomic E-state index is -3.76. The van der Waals surface area contributed by atoms with Crippen molar-refractivity contribution in [2.45, 2.75) is 44.1 Å². The fourth-order valence-electron chi connectivity index (χ4n) is 3.58. The number of aliphatic hydroxyl groups excluding tert-OH is 1. The van der Waals surface area contributed by atoms with Crippen molar-refractivity contribution in [1.29, 1.82) is 0 Å². The summed E-state index contributed by atoms with van der Waals surface area (Å²) in [5, 5.41) is 10.7. The van der Waals surface area contributed by atoms with Crippen LogP contribution in [-0.4, -0.2) is 50.7 Å². The third-order valence-electron chi connectivity index (χ3n) is 5.23. The zero-order valence-corrected chi connectivity index (χ0v) is 17.5. The van der Waals surface area contributed by atoms with Gasteiger partial charge in [0.15, 0.2) is 0 Å². The second kappa shape index (κ2) is 9.07. The lowest BCUT2D eigenvalue weighted by Crippen LogP contribution is -2.44. The smallest absolute Gasteiger partial charge is 0.264 e. The number of anilines is 1. The number of aryl methyl sites for hydroxylation is 2. The van der Waals surface area contributed by atoms with Gasteiger partial charge in [0, 0.05) is 6.54 Å². The standard InChI is InChI=1S/C22H30N2O3S/c1-18-6-10-20(11-7-18)24(17-21(25)16-23-14-4-3-5-15-23)28(26,27)22-12-8-19(2)9-13-22/h6-13,21,25H,3-5,14-17H2,1-2H3/t21-/m1/s1. The zero-order chi connectivity index (χ0) is 20.1. The first kappa shape index (κ1) is 20.8. The Morgan fingerprint density at radius 2 is 1.46 bits per heavy atom. The maximum Gasteiger partial charge on any atom is 0.264 e. The molecule has 2 aromatic rings. The molecule has 0 radical (unpaired) electrons. The molecule has 5 nitrogen and oxygen atoms in total. The van der Waals surface area contributed by atoms with Crippen molar-refractivity contribution in [3.8, 4) is 0 Å². The summed E-state index contributed by atoms with van der Waals surface area (Å²) in [6.07, 6.45) is 2.75. The van der Waals surface area contributed by atoms with Crippen LogP contribution in [0, 0.1) is 13.8 Å². The zero-order valence-electron chi connectivity index (χ0n) is 16.7. The summed E-state index contributed by atoms with van der Waals surface area (Å²) in [4.78, 5) is 2.46. The van der Waals surface area contributed by atoms with Crippen LogP contribution in [0.1, 0.15) is 30.4 Å². The summed E-state index contributed by atoms with van der Waals surface area (Å²) >= 11 is 0. The molecule has 1 heterocycles. The molecule has 0 spiro atoms. The highest BCUT2D eigenvalue weighted by atomic mass is 32.2. The van der Waals surface area contributed by atoms with E-state index in [2.05, 4.69) is 4.90 Å². The monoisotopic (exact) mass is 402 g/mol. The number of piperidine rings is 1. The van der Waals surface area contributed by atoms with Crippen LogP contribution in [0.2, 0.25) is 0 Å². The molecule has 0 aliphatic carbocycles. The fraction of sp³-hybridized carbons (Fsp3) is 0.455. The lowest BCUT2D eigenvalue weighted by molar-refractivity contribution is 0.107. The van der Waals surface area contributed by atoms with E-state index in [1.807, 2.05) is 26.0 Å². The van der Waals surface area contributed by atoms with E-state index >= 15 is 0 Å². The quantitative estimate of drug-likeness (QED) is 0.772. The van der Waals surface area contributed by atoms with Crippen LogP contribution < -0.4 is 4.31 Å². The van der Waals surface area contributed by atoms with E-state index in [-0.39, 0.29) is 11.4 Å². The van der Waals surface area contributed by atoms with E-state index in [0.717, 1.165) is 37.1 Å². The van der Waals surface area contributed by atoms with Gasteiger partial charge in [-0.15, -0.1) is 0 Å². The van der Waals surface area contributed by atoms with Crippen LogP contribution in [0.4, 0.5) is 5.69 Å². The van der Waals surface area contributed by atoms with E-state index in [4.69, 9.17) is 0 Å². The number of rotatable bonds is 7. The number of hydrogen-bond donors (Lipinski definition) is 1. The average Bonchev–Trinajstić information content (AvgIpc) is 2.68. The van der Waals surface area contributed by atoms with Gasteiger partial charge in [0.05, 0.1) is 23.2 Å². The van der Waals surface area contributed by atoms with Gasteiger partial charge in [-0.2, -0.15) is 0 Å². The summed E-state index contributed by atoms with van der Waals surface area (Å²) in [5.41, 5.74) is 2.64. The van der Waals surface area contributed by atoms with Crippen molar-refractivity contribution in [2.75, 3.05) is 30.5 Å². The second-order valence-electron chi connectivity index (χ2n) is 7.70. The Morgan fingerprint density at radius 3 is 2.04 bits per heavy atom. The van der Waals surface area contributed by atoms with Crippen molar-refractivity contribution in [1.82, 2.24) is 4.90 Å². The molecule has 2 aromatic carbocycles. The Labute approximate surface area is 168 Å². The third-order valence-corrected chi connectivity index (χ3v) is 7.03. The van der Waals surface area contributed by atoms with Gasteiger partial charge in [-0.3, -0.25) is 4.31 Å². The first-order valence-corrected chi connectivity index (χ1v) is 11.4. The summed E-state index contributed by atoms with van der Waals surface area (Å²) in [6.45, 7) is 6.35. The Hall–Kier alpha value is -1.89. The van der Waals surface area contributed by atoms with Crippen LogP contribution in [-0.2, 0) is 10.0 Å². The minimum Gasteiger partial charge on any atom is -0.390 e. The van der Waals surface area contributed by atoms with Crippen molar-refractivity contribution in [3.63, 3.8) is 0 Å². The van der Waals surface area contributed by atoms with Gasteiger partial charge >= 0.3 is 0 Å². The molecule has 1 fully saturated rings. The number of nitrogens with zero attached hydrogens (tertiary/aromatic N) is 2. The van der Waals surface area contributed by atoms with Gasteiger partial charge in [-0.1, -0.05) is 41.8 Å². The first-order chi connectivity index (χ1) is 13.4. The maximum atomic E-state index is 13.4. The van der Waals surface area contributed by atoms with E-state index in [1.165, 1.54) is 10.7 Å². The van der Waals surface area contributed by atoms with Crippen molar-refractivity contribution < 1.29 is 13.5 Å². The second-order valence-corrected chi connectivity index (χ2v) is 9.56. The van der Waals surface area contributed by atoms with Crippen LogP contribution in [0.25, 0.3) is 0 Å². The van der Waals surface area contributed by atoms with Crippen LogP contribution in [0.3, 0.4) is 0 Å². The number of aliphatic hydroxyl groups is 1. The molecule has 1 N–H and O–H groups in total. The predicted octanol–water partition coefficient (Wildman–Crippen LogP) is 3.35. The minimum absolute atomic E-state index is 0.0375. The Balaban J connectivity index is 1.86. The molecule has 152 valence electrons. The first-order valence-electron chi connectivity index (χ1n) is 9.93. The van der Waals surface area contributed by atoms with E-state index in [9.17, 15) is 13.5 Å². The summed E-state index contributed by atoms with van der Waals surface area (Å²) in [7, 11) is -3.76. The van der Waals surface area contributed by atoms with E-state index < -0.39 is 16.1 Å². The lowest BCUT2D eigenvalue weighted by atomic mass is 10.1. The molecule has 0 bridgehead atoms. The number of β-amino-alcohol motifs (C(OH)–C–C–N with tert-alkyl or cyclic N) is 1. The summed E-state index contributed by atoms with van der Waals surface area (Å²) < 4.78 is 28.1. The molecular weight excluding hydrogens is 372 g/mol. The molecule has 0 aromatic heterocycles. The normalized spacial score (nSPS) is 16.7. The van der Waals surface area contributed by atoms with Crippen LogP contribution in [0.5, 0.6) is 0 Å². The maximum absolute atomic E-state index is 13.4. The van der Waals surface area contributed by atoms with Crippen molar-refractivity contribution in [2.24, 2.45) is 0 Å². The molecule has 1 aliphatic heterocycles. The molecule has 28 heavy (non-hydrogen) atoms. The molecule has 0 saturated carbocycles. The molecule has 6 heteroatoms. The van der Waals surface area contributed by atoms with Gasteiger partial charge in [-0.05, 0) is 64.0 Å². The molecule has 3 rings (SSSR count). The molecule has 1 aliphatic rings. The van der Waals surface area contributed by atoms with Gasteiger partial charge in [0.25, 0.3) is 10.0 Å². The van der Waals surface area contributed by atoms with Crippen LogP contribution >= 0.6 is 0 Å². The van der Waals surface area contributed by atoms with Gasteiger partial charge in [0.2, 0.25) is 0 Å². The highest BCUT2D eigenvalue weighted by Gasteiger charge is 2.28. The Morgan fingerprint density at radius 1 is 0.929 bits per heavy atom. The number of hydrogen-bond acceptors (Lipinski definition) is 4.